The molecule has 242 valence electrons. The Labute approximate surface area is 266 Å². The summed E-state index contributed by atoms with van der Waals surface area (Å²) in [6.45, 7) is 5.45. The summed E-state index contributed by atoms with van der Waals surface area (Å²) in [5.41, 5.74) is 6.21. The lowest BCUT2D eigenvalue weighted by atomic mass is 10.0. The van der Waals surface area contributed by atoms with E-state index in [-0.39, 0.29) is 52.3 Å². The Morgan fingerprint density at radius 3 is 2.63 bits per heavy atom. The average Bonchev–Trinajstić information content (AvgIpc) is 3.45. The number of fused-ring (bicyclic) bond motifs is 3. The van der Waals surface area contributed by atoms with Gasteiger partial charge in [0.1, 0.15) is 16.8 Å². The van der Waals surface area contributed by atoms with Gasteiger partial charge in [-0.05, 0) is 76.7 Å². The third-order valence-electron chi connectivity index (χ3n) is 8.38. The lowest BCUT2D eigenvalue weighted by molar-refractivity contribution is 0.0950. The molecule has 2 aliphatic rings. The summed E-state index contributed by atoms with van der Waals surface area (Å²) >= 11 is 0. The normalized spacial score (nSPS) is 15.4. The van der Waals surface area contributed by atoms with E-state index in [1.54, 1.807) is 23.3 Å². The van der Waals surface area contributed by atoms with Gasteiger partial charge in [0.25, 0.3) is 5.91 Å². The largest absolute Gasteiger partial charge is 0.451 e. The summed E-state index contributed by atoms with van der Waals surface area (Å²) in [4.78, 5) is 43.4. The van der Waals surface area contributed by atoms with Crippen LogP contribution < -0.4 is 31.4 Å². The van der Waals surface area contributed by atoms with Gasteiger partial charge in [-0.25, -0.2) is 9.18 Å². The smallest absolute Gasteiger partial charge is 0.407 e. The second kappa shape index (κ2) is 12.5. The molecule has 0 saturated carbocycles. The number of nitrogens with zero attached hydrogens (tertiary/aromatic N) is 3. The monoisotopic (exact) mass is 630 g/mol. The van der Waals surface area contributed by atoms with Gasteiger partial charge < -0.3 is 40.2 Å². The minimum atomic E-state index is -0.818. The molecule has 0 aliphatic carbocycles. The number of carbonyl (C=O) groups excluding carboxylic acids is 2. The molecule has 46 heavy (non-hydrogen) atoms. The summed E-state index contributed by atoms with van der Waals surface area (Å²) < 4.78 is 29.8. The average molecular weight is 631 g/mol. The molecule has 2 aliphatic heterocycles. The number of amides is 2. The quantitative estimate of drug-likeness (QED) is 0.157. The number of halogens is 1. The lowest BCUT2D eigenvalue weighted by Gasteiger charge is -2.30. The second-order valence-corrected chi connectivity index (χ2v) is 12.4. The van der Waals surface area contributed by atoms with Crippen molar-refractivity contribution >= 4 is 45.1 Å². The Hall–Kier alpha value is -4.84. The zero-order valence-corrected chi connectivity index (χ0v) is 26.5. The molecular formula is C34H39FN6O5. The molecule has 11 nitrogen and oxygen atoms in total. The number of unbranched alkanes of at least 4 members (excludes halogenated alkanes) is 1. The first-order valence-electron chi connectivity index (χ1n) is 15.6. The van der Waals surface area contributed by atoms with Crippen LogP contribution in [0.15, 0.2) is 47.4 Å². The Morgan fingerprint density at radius 2 is 1.91 bits per heavy atom. The van der Waals surface area contributed by atoms with E-state index < -0.39 is 23.2 Å². The Kier molecular flexibility index (Phi) is 8.47. The highest BCUT2D eigenvalue weighted by atomic mass is 19.1. The molecule has 4 aromatic rings. The summed E-state index contributed by atoms with van der Waals surface area (Å²) in [6, 6.07) is 11.2. The first-order valence-corrected chi connectivity index (χ1v) is 15.6. The second-order valence-electron chi connectivity index (χ2n) is 12.4. The van der Waals surface area contributed by atoms with E-state index in [1.165, 1.54) is 6.20 Å². The van der Waals surface area contributed by atoms with Crippen molar-refractivity contribution in [2.45, 2.75) is 45.3 Å². The number of nitrogens with two attached hydrogens (primary N) is 1. The van der Waals surface area contributed by atoms with E-state index in [1.807, 2.05) is 50.5 Å². The fourth-order valence-electron chi connectivity index (χ4n) is 6.20. The van der Waals surface area contributed by atoms with Crippen LogP contribution in [0.3, 0.4) is 0 Å². The van der Waals surface area contributed by atoms with Gasteiger partial charge in [-0.3, -0.25) is 9.59 Å². The first-order chi connectivity index (χ1) is 22.0. The van der Waals surface area contributed by atoms with Crippen LogP contribution in [-0.2, 0) is 4.74 Å². The molecule has 0 bridgehead atoms. The zero-order chi connectivity index (χ0) is 32.7. The Morgan fingerprint density at radius 1 is 1.17 bits per heavy atom. The van der Waals surface area contributed by atoms with Gasteiger partial charge in [-0.2, -0.15) is 0 Å². The van der Waals surface area contributed by atoms with E-state index in [0.29, 0.717) is 30.9 Å². The summed E-state index contributed by atoms with van der Waals surface area (Å²) in [5.74, 6) is -0.808. The van der Waals surface area contributed by atoms with Crippen LogP contribution >= 0.6 is 0 Å². The van der Waals surface area contributed by atoms with Crippen molar-refractivity contribution in [1.82, 2.24) is 20.1 Å². The van der Waals surface area contributed by atoms with Crippen LogP contribution in [0.1, 0.15) is 43.5 Å². The summed E-state index contributed by atoms with van der Waals surface area (Å²) in [5, 5.41) is 7.39. The maximum Gasteiger partial charge on any atom is 0.407 e. The number of hydrogen-bond donors (Lipinski definition) is 3. The third kappa shape index (κ3) is 5.80. The zero-order valence-electron chi connectivity index (χ0n) is 26.5. The predicted molar refractivity (Wildman–Crippen MR) is 177 cm³/mol. The summed E-state index contributed by atoms with van der Waals surface area (Å²) in [7, 11) is 3.97. The van der Waals surface area contributed by atoms with E-state index in [0.717, 1.165) is 30.2 Å². The van der Waals surface area contributed by atoms with E-state index in [4.69, 9.17) is 15.2 Å². The van der Waals surface area contributed by atoms with E-state index in [9.17, 15) is 14.4 Å². The molecule has 3 heterocycles. The van der Waals surface area contributed by atoms with Crippen molar-refractivity contribution in [1.29, 1.82) is 0 Å². The molecule has 6 rings (SSSR count). The number of nitrogens with one attached hydrogen (secondary N) is 2. The molecule has 1 saturated heterocycles. The predicted octanol–water partition coefficient (Wildman–Crippen LogP) is 4.76. The molecule has 4 N–H and O–H groups in total. The standard InChI is InChI=1S/C34H39FN6O5/c1-19(2)45-34(44)38-22-11-14-40(17-22)30-27(35)28(36)26-29-32(30)46-25-16-21-10-6-5-9-20(21)15-24(25)41(29)18-23(31(26)42)33(43)37-12-7-8-13-39(3)4/h5-6,9-10,15-16,18-19,22H,7-8,11-14,17,36H2,1-4H3,(H,37,43)(H,38,44). The SMILES string of the molecule is CC(C)OC(=O)NC1CCN(c2c(F)c(N)c3c(=O)c(C(=O)NCCCCN(C)C)cn4c3c2Oc2cc3ccccc3cc2-4)C1. The molecule has 1 atom stereocenters. The minimum Gasteiger partial charge on any atom is -0.451 e. The third-order valence-corrected chi connectivity index (χ3v) is 8.38. The van der Waals surface area contributed by atoms with Crippen molar-refractivity contribution in [2.24, 2.45) is 0 Å². The topological polar surface area (TPSA) is 131 Å². The number of alkyl carbamates (subject to hydrolysis) is 1. The van der Waals surface area contributed by atoms with E-state index >= 15 is 4.39 Å². The van der Waals surface area contributed by atoms with Crippen LogP contribution in [0.25, 0.3) is 27.4 Å². The van der Waals surface area contributed by atoms with Gasteiger partial charge in [0.15, 0.2) is 17.3 Å². The molecule has 2 amide bonds. The Bertz CT molecular complexity index is 1910. The van der Waals surface area contributed by atoms with Gasteiger partial charge >= 0.3 is 6.09 Å². The van der Waals surface area contributed by atoms with Crippen LogP contribution in [-0.4, -0.2) is 73.9 Å². The highest BCUT2D eigenvalue weighted by Gasteiger charge is 2.36. The molecule has 1 aromatic heterocycles. The molecule has 1 fully saturated rings. The van der Waals surface area contributed by atoms with Gasteiger partial charge in [-0.1, -0.05) is 24.3 Å². The fraction of sp³-hybridized carbons (Fsp3) is 0.382. The van der Waals surface area contributed by atoms with Crippen molar-refractivity contribution in [3.63, 3.8) is 0 Å². The van der Waals surface area contributed by atoms with Gasteiger partial charge in [0, 0.05) is 25.8 Å². The van der Waals surface area contributed by atoms with Gasteiger partial charge in [0.05, 0.1) is 28.9 Å². The lowest BCUT2D eigenvalue weighted by Crippen LogP contribution is -2.38. The maximum absolute atomic E-state index is 16.4. The van der Waals surface area contributed by atoms with Crippen LogP contribution in [0.4, 0.5) is 20.6 Å². The number of ether oxygens (including phenoxy) is 2. The molecular weight excluding hydrogens is 591 g/mol. The molecule has 3 aromatic carbocycles. The minimum absolute atomic E-state index is 0.0941. The fourth-order valence-corrected chi connectivity index (χ4v) is 6.20. The number of pyridine rings is 1. The number of carbonyl (C=O) groups is 2. The van der Waals surface area contributed by atoms with Crippen molar-refractivity contribution in [2.75, 3.05) is 50.9 Å². The highest BCUT2D eigenvalue weighted by Crippen LogP contribution is 2.50. The Balaban J connectivity index is 1.46. The number of hydrogen-bond acceptors (Lipinski definition) is 8. The van der Waals surface area contributed by atoms with Crippen molar-refractivity contribution < 1.29 is 23.5 Å². The number of aromatic nitrogens is 1. The number of nitrogen functional groups attached to an aromatic ring is 1. The molecule has 12 heteroatoms. The number of anilines is 2. The van der Waals surface area contributed by atoms with Crippen molar-refractivity contribution in [3.8, 4) is 17.2 Å². The molecule has 1 unspecified atom stereocenters. The highest BCUT2D eigenvalue weighted by molar-refractivity contribution is 6.06. The first kappa shape index (κ1) is 31.2. The van der Waals surface area contributed by atoms with Crippen LogP contribution in [0.2, 0.25) is 0 Å². The maximum atomic E-state index is 16.4. The van der Waals surface area contributed by atoms with Gasteiger partial charge in [0.2, 0.25) is 5.43 Å². The summed E-state index contributed by atoms with van der Waals surface area (Å²) in [6.07, 6.45) is 2.82. The van der Waals surface area contributed by atoms with Crippen LogP contribution in [0.5, 0.6) is 11.5 Å². The van der Waals surface area contributed by atoms with Gasteiger partial charge in [-0.15, -0.1) is 0 Å². The molecule has 0 radical (unpaired) electrons. The van der Waals surface area contributed by atoms with E-state index in [2.05, 4.69) is 15.5 Å². The molecule has 0 spiro atoms. The number of benzene rings is 3. The van der Waals surface area contributed by atoms with Crippen LogP contribution in [0, 0.1) is 5.82 Å². The van der Waals surface area contributed by atoms with Crippen molar-refractivity contribution in [3.05, 3.63) is 64.2 Å². The number of rotatable bonds is 9.